The molecule has 0 aliphatic rings. The molecule has 5 heteroatoms. The Balaban J connectivity index is 1.75. The van der Waals surface area contributed by atoms with Gasteiger partial charge in [0, 0.05) is 11.1 Å². The number of nitrogens with one attached hydrogen (secondary N) is 1. The van der Waals surface area contributed by atoms with E-state index < -0.39 is 0 Å². The van der Waals surface area contributed by atoms with Gasteiger partial charge in [-0.05, 0) is 86.8 Å². The molecule has 0 saturated heterocycles. The number of hydrogen-bond donors (Lipinski definition) is 1. The van der Waals surface area contributed by atoms with Gasteiger partial charge in [-0.2, -0.15) is 0 Å². The maximum Gasteiger partial charge on any atom is 0.251 e. The van der Waals surface area contributed by atoms with Crippen LogP contribution in [0.15, 0.2) is 60.7 Å². The third-order valence-electron chi connectivity index (χ3n) is 5.21. The molecule has 0 aromatic heterocycles. The van der Waals surface area contributed by atoms with Gasteiger partial charge in [-0.1, -0.05) is 18.2 Å². The van der Waals surface area contributed by atoms with Crippen molar-refractivity contribution in [3.8, 4) is 11.5 Å². The van der Waals surface area contributed by atoms with Crippen molar-refractivity contribution in [3.05, 3.63) is 94.3 Å². The van der Waals surface area contributed by atoms with Crippen LogP contribution in [0.1, 0.15) is 52.5 Å². The molecular formula is C26H28FNO3. The highest BCUT2D eigenvalue weighted by atomic mass is 19.1. The normalized spacial score (nSPS) is 11.6. The monoisotopic (exact) mass is 421 g/mol. The summed E-state index contributed by atoms with van der Waals surface area (Å²) in [4.78, 5) is 12.8. The van der Waals surface area contributed by atoms with Crippen molar-refractivity contribution in [3.63, 3.8) is 0 Å². The lowest BCUT2D eigenvalue weighted by molar-refractivity contribution is 0.0939. The first-order valence-corrected chi connectivity index (χ1v) is 10.4. The second-order valence-electron chi connectivity index (χ2n) is 7.54. The van der Waals surface area contributed by atoms with Crippen molar-refractivity contribution in [1.82, 2.24) is 5.32 Å². The quantitative estimate of drug-likeness (QED) is 0.492. The first-order valence-electron chi connectivity index (χ1n) is 10.4. The Morgan fingerprint density at radius 2 is 1.71 bits per heavy atom. The molecule has 3 aromatic carbocycles. The maximum atomic E-state index is 13.1. The van der Waals surface area contributed by atoms with Crippen LogP contribution in [0, 0.1) is 19.7 Å². The number of rotatable bonds is 8. The molecule has 0 heterocycles. The van der Waals surface area contributed by atoms with Crippen LogP contribution in [0.25, 0.3) is 0 Å². The topological polar surface area (TPSA) is 47.6 Å². The summed E-state index contributed by atoms with van der Waals surface area (Å²) in [6.45, 7) is 8.68. The Morgan fingerprint density at radius 1 is 0.968 bits per heavy atom. The molecule has 4 nitrogen and oxygen atoms in total. The minimum atomic E-state index is -0.304. The Bertz CT molecular complexity index is 1050. The van der Waals surface area contributed by atoms with Crippen LogP contribution in [0.5, 0.6) is 11.5 Å². The van der Waals surface area contributed by atoms with Crippen molar-refractivity contribution in [1.29, 1.82) is 0 Å². The lowest BCUT2D eigenvalue weighted by atomic mass is 10.1. The first kappa shape index (κ1) is 22.3. The van der Waals surface area contributed by atoms with Crippen LogP contribution in [0.2, 0.25) is 0 Å². The van der Waals surface area contributed by atoms with Gasteiger partial charge in [-0.25, -0.2) is 4.39 Å². The standard InChI is InChI=1S/C26H28FNO3/c1-5-30-25-13-9-21(26(29)28-19(4)20-7-10-23(27)11-8-20)15-22(25)16-31-24-12-6-17(2)18(3)14-24/h6-15,19H,5,16H2,1-4H3,(H,28,29). The van der Waals surface area contributed by atoms with E-state index in [1.54, 1.807) is 30.3 Å². The van der Waals surface area contributed by atoms with E-state index in [2.05, 4.69) is 12.2 Å². The molecule has 31 heavy (non-hydrogen) atoms. The van der Waals surface area contributed by atoms with E-state index in [4.69, 9.17) is 9.47 Å². The summed E-state index contributed by atoms with van der Waals surface area (Å²) in [5.74, 6) is 0.939. The first-order chi connectivity index (χ1) is 14.9. The van der Waals surface area contributed by atoms with Gasteiger partial charge >= 0.3 is 0 Å². The van der Waals surface area contributed by atoms with Gasteiger partial charge < -0.3 is 14.8 Å². The van der Waals surface area contributed by atoms with Gasteiger partial charge in [0.25, 0.3) is 5.91 Å². The molecule has 3 aromatic rings. The number of carbonyl (C=O) groups is 1. The van der Waals surface area contributed by atoms with Crippen LogP contribution in [0.3, 0.4) is 0 Å². The summed E-state index contributed by atoms with van der Waals surface area (Å²) < 4.78 is 24.8. The minimum absolute atomic E-state index is 0.215. The van der Waals surface area contributed by atoms with Crippen LogP contribution in [0.4, 0.5) is 4.39 Å². The minimum Gasteiger partial charge on any atom is -0.493 e. The van der Waals surface area contributed by atoms with E-state index in [0.717, 1.165) is 22.4 Å². The molecule has 0 aliphatic heterocycles. The largest absolute Gasteiger partial charge is 0.493 e. The third-order valence-corrected chi connectivity index (χ3v) is 5.21. The van der Waals surface area contributed by atoms with Crippen LogP contribution >= 0.6 is 0 Å². The number of aryl methyl sites for hydroxylation is 2. The Kier molecular flexibility index (Phi) is 7.29. The SMILES string of the molecule is CCOc1ccc(C(=O)NC(C)c2ccc(F)cc2)cc1COc1ccc(C)c(C)c1. The smallest absolute Gasteiger partial charge is 0.251 e. The number of amides is 1. The average molecular weight is 422 g/mol. The zero-order chi connectivity index (χ0) is 22.4. The van der Waals surface area contributed by atoms with Crippen molar-refractivity contribution >= 4 is 5.91 Å². The fourth-order valence-corrected chi connectivity index (χ4v) is 3.21. The van der Waals surface area contributed by atoms with Gasteiger partial charge in [0.05, 0.1) is 12.6 Å². The second-order valence-corrected chi connectivity index (χ2v) is 7.54. The number of benzene rings is 3. The molecule has 162 valence electrons. The highest BCUT2D eigenvalue weighted by Gasteiger charge is 2.15. The zero-order valence-electron chi connectivity index (χ0n) is 18.4. The molecule has 1 unspecified atom stereocenters. The molecule has 0 aliphatic carbocycles. The van der Waals surface area contributed by atoms with Gasteiger partial charge in [0.1, 0.15) is 23.9 Å². The average Bonchev–Trinajstić information content (AvgIpc) is 2.76. The van der Waals surface area contributed by atoms with Crippen LogP contribution in [-0.4, -0.2) is 12.5 Å². The van der Waals surface area contributed by atoms with E-state index in [1.165, 1.54) is 17.7 Å². The molecular weight excluding hydrogens is 393 g/mol. The third kappa shape index (κ3) is 5.85. The summed E-state index contributed by atoms with van der Waals surface area (Å²) in [7, 11) is 0. The maximum absolute atomic E-state index is 13.1. The molecule has 1 atom stereocenters. The van der Waals surface area contributed by atoms with Crippen LogP contribution < -0.4 is 14.8 Å². The summed E-state index contributed by atoms with van der Waals surface area (Å²) in [6, 6.07) is 17.1. The van der Waals surface area contributed by atoms with Crippen molar-refractivity contribution in [2.24, 2.45) is 0 Å². The van der Waals surface area contributed by atoms with E-state index >= 15 is 0 Å². The molecule has 0 saturated carbocycles. The van der Waals surface area contributed by atoms with Crippen molar-refractivity contribution in [2.75, 3.05) is 6.61 Å². The molecule has 0 spiro atoms. The Hall–Kier alpha value is -3.34. The molecule has 1 N–H and O–H groups in total. The van der Waals surface area contributed by atoms with E-state index in [-0.39, 0.29) is 24.4 Å². The van der Waals surface area contributed by atoms with Crippen molar-refractivity contribution < 1.29 is 18.7 Å². The van der Waals surface area contributed by atoms with E-state index in [1.807, 2.05) is 39.0 Å². The summed E-state index contributed by atoms with van der Waals surface area (Å²) in [6.07, 6.45) is 0. The fourth-order valence-electron chi connectivity index (χ4n) is 3.21. The zero-order valence-corrected chi connectivity index (χ0v) is 18.4. The summed E-state index contributed by atoms with van der Waals surface area (Å²) in [5, 5.41) is 2.96. The van der Waals surface area contributed by atoms with Gasteiger partial charge in [0.15, 0.2) is 0 Å². The Labute approximate surface area is 183 Å². The van der Waals surface area contributed by atoms with Crippen LogP contribution in [-0.2, 0) is 6.61 Å². The van der Waals surface area contributed by atoms with Gasteiger partial charge in [-0.15, -0.1) is 0 Å². The van der Waals surface area contributed by atoms with Gasteiger partial charge in [-0.3, -0.25) is 4.79 Å². The van der Waals surface area contributed by atoms with Crippen molar-refractivity contribution in [2.45, 2.75) is 40.3 Å². The number of carbonyl (C=O) groups excluding carboxylic acids is 1. The number of halogens is 1. The number of ether oxygens (including phenoxy) is 2. The van der Waals surface area contributed by atoms with Gasteiger partial charge in [0.2, 0.25) is 0 Å². The summed E-state index contributed by atoms with van der Waals surface area (Å²) in [5.41, 5.74) is 4.50. The second kappa shape index (κ2) is 10.1. The highest BCUT2D eigenvalue weighted by molar-refractivity contribution is 5.94. The Morgan fingerprint density at radius 3 is 2.39 bits per heavy atom. The fraction of sp³-hybridized carbons (Fsp3) is 0.269. The highest BCUT2D eigenvalue weighted by Crippen LogP contribution is 2.24. The molecule has 0 bridgehead atoms. The predicted octanol–water partition coefficient (Wildman–Crippen LogP) is 5.91. The molecule has 1 amide bonds. The number of hydrogen-bond acceptors (Lipinski definition) is 3. The predicted molar refractivity (Wildman–Crippen MR) is 120 cm³/mol. The lowest BCUT2D eigenvalue weighted by Crippen LogP contribution is -2.26. The summed E-state index contributed by atoms with van der Waals surface area (Å²) >= 11 is 0. The van der Waals surface area contributed by atoms with E-state index in [0.29, 0.717) is 17.9 Å². The molecule has 0 radical (unpaired) electrons. The molecule has 3 rings (SSSR count). The molecule has 0 fully saturated rings. The van der Waals surface area contributed by atoms with E-state index in [9.17, 15) is 9.18 Å². The lowest BCUT2D eigenvalue weighted by Gasteiger charge is -2.16.